The normalized spacial score (nSPS) is 14.8. The molecule has 1 aliphatic rings. The zero-order valence-electron chi connectivity index (χ0n) is 20.6. The van der Waals surface area contributed by atoms with E-state index in [1.54, 1.807) is 30.0 Å². The second-order valence-electron chi connectivity index (χ2n) is 9.30. The van der Waals surface area contributed by atoms with Crippen molar-refractivity contribution in [1.82, 2.24) is 10.2 Å². The Balaban J connectivity index is 1.49. The van der Waals surface area contributed by atoms with Gasteiger partial charge in [0.15, 0.2) is 0 Å². The molecular formula is C27H30BrN3O4S. The largest absolute Gasteiger partial charge is 0.352 e. The highest BCUT2D eigenvalue weighted by atomic mass is 79.9. The number of hydrogen-bond acceptors (Lipinski definition) is 4. The summed E-state index contributed by atoms with van der Waals surface area (Å²) in [5, 5.41) is 4.48. The number of rotatable bonds is 9. The van der Waals surface area contributed by atoms with E-state index < -0.39 is 16.1 Å². The fourth-order valence-electron chi connectivity index (χ4n) is 4.49. The first-order chi connectivity index (χ1) is 17.1. The molecule has 1 heterocycles. The maximum atomic E-state index is 13.4. The molecular weight excluding hydrogens is 542 g/mol. The molecule has 3 aromatic carbocycles. The van der Waals surface area contributed by atoms with Crippen LogP contribution in [0.3, 0.4) is 0 Å². The third-order valence-electron chi connectivity index (χ3n) is 6.30. The van der Waals surface area contributed by atoms with Gasteiger partial charge in [-0.1, -0.05) is 52.3 Å². The van der Waals surface area contributed by atoms with Crippen molar-refractivity contribution in [3.8, 4) is 0 Å². The molecule has 0 fully saturated rings. The van der Waals surface area contributed by atoms with Crippen molar-refractivity contribution in [3.63, 3.8) is 0 Å². The molecule has 1 unspecified atom stereocenters. The van der Waals surface area contributed by atoms with Gasteiger partial charge in [0.1, 0.15) is 6.04 Å². The van der Waals surface area contributed by atoms with Gasteiger partial charge in [0.25, 0.3) is 10.0 Å². The predicted molar refractivity (Wildman–Crippen MR) is 145 cm³/mol. The molecule has 0 saturated heterocycles. The average molecular weight is 573 g/mol. The maximum Gasteiger partial charge on any atom is 0.265 e. The van der Waals surface area contributed by atoms with Crippen molar-refractivity contribution in [2.45, 2.75) is 57.1 Å². The van der Waals surface area contributed by atoms with Gasteiger partial charge < -0.3 is 10.2 Å². The Labute approximate surface area is 220 Å². The molecule has 190 valence electrons. The van der Waals surface area contributed by atoms with Crippen molar-refractivity contribution in [1.29, 1.82) is 0 Å². The van der Waals surface area contributed by atoms with Crippen LogP contribution in [-0.4, -0.2) is 43.8 Å². The van der Waals surface area contributed by atoms with Crippen LogP contribution in [-0.2, 0) is 26.2 Å². The second kappa shape index (κ2) is 10.6. The van der Waals surface area contributed by atoms with Gasteiger partial charge in [-0.05, 0) is 62.4 Å². The standard InChI is InChI=1S/C27H30BrN3O4S/c1-18(2)29-27(33)19(3)30(17-20-12-14-22(28)15-13-20)25(32)11-6-16-31-23-9-4-7-21-8-5-10-24(26(21)23)36(31,34)35/h4-5,7-10,12-15,18-19H,6,11,16-17H2,1-3H3,(H,29,33). The summed E-state index contributed by atoms with van der Waals surface area (Å²) in [7, 11) is -3.67. The zero-order valence-corrected chi connectivity index (χ0v) is 23.0. The number of nitrogens with zero attached hydrogens (tertiary/aromatic N) is 2. The summed E-state index contributed by atoms with van der Waals surface area (Å²) in [4.78, 5) is 28.0. The lowest BCUT2D eigenvalue weighted by atomic mass is 10.1. The monoisotopic (exact) mass is 571 g/mol. The molecule has 2 amide bonds. The van der Waals surface area contributed by atoms with E-state index in [2.05, 4.69) is 21.2 Å². The van der Waals surface area contributed by atoms with Gasteiger partial charge in [0, 0.05) is 35.4 Å². The minimum Gasteiger partial charge on any atom is -0.352 e. The van der Waals surface area contributed by atoms with Crippen molar-refractivity contribution >= 4 is 54.2 Å². The Hall–Kier alpha value is -2.91. The van der Waals surface area contributed by atoms with E-state index >= 15 is 0 Å². The van der Waals surface area contributed by atoms with Gasteiger partial charge >= 0.3 is 0 Å². The summed E-state index contributed by atoms with van der Waals surface area (Å²) in [6, 6.07) is 17.7. The van der Waals surface area contributed by atoms with Crippen molar-refractivity contribution in [2.24, 2.45) is 0 Å². The Kier molecular flexibility index (Phi) is 7.70. The van der Waals surface area contributed by atoms with Crippen LogP contribution in [0.25, 0.3) is 10.8 Å². The van der Waals surface area contributed by atoms with Crippen LogP contribution in [0.15, 0.2) is 70.0 Å². The number of amides is 2. The third kappa shape index (κ3) is 5.27. The van der Waals surface area contributed by atoms with Gasteiger partial charge in [0.05, 0.1) is 10.6 Å². The minimum absolute atomic E-state index is 0.0469. The van der Waals surface area contributed by atoms with Crippen LogP contribution in [0, 0.1) is 0 Å². The molecule has 0 saturated carbocycles. The van der Waals surface area contributed by atoms with E-state index in [4.69, 9.17) is 0 Å². The number of halogens is 1. The van der Waals surface area contributed by atoms with Crippen LogP contribution < -0.4 is 9.62 Å². The fraction of sp³-hybridized carbons (Fsp3) is 0.333. The molecule has 7 nitrogen and oxygen atoms in total. The highest BCUT2D eigenvalue weighted by Gasteiger charge is 2.35. The van der Waals surface area contributed by atoms with Gasteiger partial charge in [-0.2, -0.15) is 0 Å². The van der Waals surface area contributed by atoms with Crippen LogP contribution in [0.2, 0.25) is 0 Å². The summed E-state index contributed by atoms with van der Waals surface area (Å²) in [6.45, 7) is 5.93. The molecule has 0 aliphatic carbocycles. The number of hydrogen-bond donors (Lipinski definition) is 1. The smallest absolute Gasteiger partial charge is 0.265 e. The molecule has 1 aliphatic heterocycles. The van der Waals surface area contributed by atoms with Crippen LogP contribution in [0.4, 0.5) is 5.69 Å². The Morgan fingerprint density at radius 3 is 2.33 bits per heavy atom. The second-order valence-corrected chi connectivity index (χ2v) is 12.0. The van der Waals surface area contributed by atoms with E-state index in [1.165, 1.54) is 4.31 Å². The molecule has 36 heavy (non-hydrogen) atoms. The first kappa shape index (κ1) is 26.2. The Morgan fingerprint density at radius 1 is 1.00 bits per heavy atom. The van der Waals surface area contributed by atoms with Crippen molar-refractivity contribution < 1.29 is 18.0 Å². The summed E-state index contributed by atoms with van der Waals surface area (Å²) in [5.74, 6) is -0.420. The van der Waals surface area contributed by atoms with E-state index in [9.17, 15) is 18.0 Å². The summed E-state index contributed by atoms with van der Waals surface area (Å²) < 4.78 is 28.8. The quantitative estimate of drug-likeness (QED) is 0.398. The topological polar surface area (TPSA) is 86.8 Å². The number of nitrogens with one attached hydrogen (secondary N) is 1. The lowest BCUT2D eigenvalue weighted by Gasteiger charge is -2.30. The maximum absolute atomic E-state index is 13.4. The molecule has 3 aromatic rings. The van der Waals surface area contributed by atoms with Crippen LogP contribution in [0.5, 0.6) is 0 Å². The molecule has 0 aromatic heterocycles. The lowest BCUT2D eigenvalue weighted by Crippen LogP contribution is -2.49. The first-order valence-corrected chi connectivity index (χ1v) is 14.2. The SMILES string of the molecule is CC(C)NC(=O)C(C)N(Cc1ccc(Br)cc1)C(=O)CCCN1c2cccc3cccc(c23)S1(=O)=O. The van der Waals surface area contributed by atoms with Gasteiger partial charge in [-0.3, -0.25) is 13.9 Å². The van der Waals surface area contributed by atoms with Gasteiger partial charge in [-0.15, -0.1) is 0 Å². The number of sulfonamides is 1. The average Bonchev–Trinajstić information content (AvgIpc) is 3.06. The van der Waals surface area contributed by atoms with Crippen molar-refractivity contribution in [2.75, 3.05) is 10.8 Å². The molecule has 0 spiro atoms. The molecule has 0 bridgehead atoms. The Morgan fingerprint density at radius 2 is 1.67 bits per heavy atom. The van der Waals surface area contributed by atoms with E-state index in [-0.39, 0.29) is 37.4 Å². The summed E-state index contributed by atoms with van der Waals surface area (Å²) in [6.07, 6.45) is 0.450. The molecule has 0 radical (unpaired) electrons. The van der Waals surface area contributed by atoms with Gasteiger partial charge in [-0.25, -0.2) is 8.42 Å². The lowest BCUT2D eigenvalue weighted by molar-refractivity contribution is -0.140. The third-order valence-corrected chi connectivity index (χ3v) is 8.68. The van der Waals surface area contributed by atoms with E-state index in [1.807, 2.05) is 56.3 Å². The highest BCUT2D eigenvalue weighted by Crippen LogP contribution is 2.42. The number of anilines is 1. The van der Waals surface area contributed by atoms with E-state index in [0.29, 0.717) is 17.0 Å². The molecule has 1 N–H and O–H groups in total. The van der Waals surface area contributed by atoms with E-state index in [0.717, 1.165) is 20.8 Å². The number of benzene rings is 3. The van der Waals surface area contributed by atoms with Crippen LogP contribution in [0.1, 0.15) is 39.2 Å². The summed E-state index contributed by atoms with van der Waals surface area (Å²) >= 11 is 3.42. The number of carbonyl (C=O) groups excluding carboxylic acids is 2. The van der Waals surface area contributed by atoms with Crippen molar-refractivity contribution in [3.05, 3.63) is 70.7 Å². The zero-order chi connectivity index (χ0) is 26.0. The molecule has 9 heteroatoms. The fourth-order valence-corrected chi connectivity index (χ4v) is 6.50. The van der Waals surface area contributed by atoms with Gasteiger partial charge in [0.2, 0.25) is 11.8 Å². The molecule has 4 rings (SSSR count). The minimum atomic E-state index is -3.67. The summed E-state index contributed by atoms with van der Waals surface area (Å²) in [5.41, 5.74) is 1.55. The number of carbonyl (C=O) groups is 2. The Bertz CT molecular complexity index is 1380. The van der Waals surface area contributed by atoms with Crippen LogP contribution >= 0.6 is 15.9 Å². The molecule has 1 atom stereocenters. The highest BCUT2D eigenvalue weighted by molar-refractivity contribution is 9.10. The first-order valence-electron chi connectivity index (χ1n) is 12.0. The predicted octanol–water partition coefficient (Wildman–Crippen LogP) is 4.83.